The lowest BCUT2D eigenvalue weighted by Gasteiger charge is -2.34. The summed E-state index contributed by atoms with van der Waals surface area (Å²) >= 11 is 0. The molecular weight excluding hydrogens is 544 g/mol. The van der Waals surface area contributed by atoms with Gasteiger partial charge in [-0.2, -0.15) is 0 Å². The summed E-state index contributed by atoms with van der Waals surface area (Å²) in [4.78, 5) is 15.3. The highest BCUT2D eigenvalue weighted by Gasteiger charge is 2.30. The highest BCUT2D eigenvalue weighted by molar-refractivity contribution is 5.97. The van der Waals surface area contributed by atoms with Crippen LogP contribution in [0.4, 0.5) is 4.79 Å². The molecular formula is C32H47N8O3+. The number of nitrogens with one attached hydrogen (secondary N) is 5. The number of benzene rings is 1. The summed E-state index contributed by atoms with van der Waals surface area (Å²) in [6.07, 6.45) is 7.57. The maximum Gasteiger partial charge on any atom is 0.323 e. The van der Waals surface area contributed by atoms with Crippen molar-refractivity contribution in [3.05, 3.63) is 71.1 Å². The number of aliphatic hydroxyl groups excluding tert-OH is 1. The van der Waals surface area contributed by atoms with Gasteiger partial charge in [0, 0.05) is 17.2 Å². The molecule has 43 heavy (non-hydrogen) atoms. The molecule has 232 valence electrons. The highest BCUT2D eigenvalue weighted by Crippen LogP contribution is 2.38. The first-order valence-electron chi connectivity index (χ1n) is 15.1. The number of urea groups is 1. The van der Waals surface area contributed by atoms with Gasteiger partial charge in [0.15, 0.2) is 0 Å². The van der Waals surface area contributed by atoms with Crippen LogP contribution in [0.2, 0.25) is 0 Å². The van der Waals surface area contributed by atoms with Crippen LogP contribution in [-0.4, -0.2) is 64.9 Å². The molecule has 1 aliphatic carbocycles. The summed E-state index contributed by atoms with van der Waals surface area (Å²) in [7, 11) is 2.04. The quantitative estimate of drug-likeness (QED) is 0.176. The number of hydrogen-bond donors (Lipinski definition) is 7. The average molecular weight is 592 g/mol. The number of likely N-dealkylation sites (N-methyl/N-ethyl adjacent to an activating group) is 1. The Morgan fingerprint density at radius 2 is 1.86 bits per heavy atom. The topological polar surface area (TPSA) is 167 Å². The molecule has 1 aromatic carbocycles. The second-order valence-electron chi connectivity index (χ2n) is 12.4. The molecule has 2 aliphatic rings. The van der Waals surface area contributed by atoms with Crippen molar-refractivity contribution in [2.24, 2.45) is 5.41 Å². The Hall–Kier alpha value is -3.80. The molecule has 0 spiro atoms. The normalized spacial score (nSPS) is 21.0. The molecule has 0 bridgehead atoms. The second kappa shape index (κ2) is 14.1. The van der Waals surface area contributed by atoms with Crippen molar-refractivity contribution in [1.82, 2.24) is 20.1 Å². The molecule has 2 amide bonds. The van der Waals surface area contributed by atoms with E-state index in [9.17, 15) is 9.90 Å². The van der Waals surface area contributed by atoms with Gasteiger partial charge in [-0.25, -0.2) is 4.79 Å². The fourth-order valence-corrected chi connectivity index (χ4v) is 5.58. The van der Waals surface area contributed by atoms with E-state index in [2.05, 4.69) is 15.5 Å². The first-order valence-corrected chi connectivity index (χ1v) is 15.1. The van der Waals surface area contributed by atoms with E-state index >= 15 is 0 Å². The third-order valence-electron chi connectivity index (χ3n) is 8.15. The maximum absolute atomic E-state index is 13.1. The monoisotopic (exact) mass is 591 g/mol. The minimum atomic E-state index is -0.375. The van der Waals surface area contributed by atoms with Gasteiger partial charge < -0.3 is 20.6 Å². The molecule has 1 aliphatic heterocycles. The van der Waals surface area contributed by atoms with Crippen molar-refractivity contribution in [1.29, 1.82) is 16.2 Å². The number of hydrogen-bond acceptors (Lipinski definition) is 7. The van der Waals surface area contributed by atoms with E-state index in [-0.39, 0.29) is 41.7 Å². The van der Waals surface area contributed by atoms with Gasteiger partial charge in [0.05, 0.1) is 24.9 Å². The number of fused-ring (bicyclic) bond motifs is 1. The van der Waals surface area contributed by atoms with Gasteiger partial charge in [-0.05, 0) is 62.5 Å². The van der Waals surface area contributed by atoms with Crippen molar-refractivity contribution in [2.75, 3.05) is 26.7 Å². The summed E-state index contributed by atoms with van der Waals surface area (Å²) < 4.78 is 8.09. The predicted octanol–water partition coefficient (Wildman–Crippen LogP) is 2.99. The minimum Gasteiger partial charge on any atom is -0.484 e. The Morgan fingerprint density at radius 1 is 1.12 bits per heavy atom. The Kier molecular flexibility index (Phi) is 10.5. The molecule has 3 atom stereocenters. The molecule has 3 unspecified atom stereocenters. The largest absolute Gasteiger partial charge is 0.484 e. The number of quaternary nitrogens is 1. The van der Waals surface area contributed by atoms with Crippen LogP contribution >= 0.6 is 0 Å². The van der Waals surface area contributed by atoms with Crippen LogP contribution in [0.5, 0.6) is 5.75 Å². The summed E-state index contributed by atoms with van der Waals surface area (Å²) in [5, 5.41) is 42.6. The van der Waals surface area contributed by atoms with Crippen molar-refractivity contribution >= 4 is 17.6 Å². The Morgan fingerprint density at radius 3 is 2.56 bits per heavy atom. The molecule has 2 aromatic rings. The number of amides is 2. The smallest absolute Gasteiger partial charge is 0.323 e. The number of nitrogens with two attached hydrogens (primary N) is 1. The molecule has 1 fully saturated rings. The number of likely N-dealkylation sites (tertiary alicyclic amines) is 1. The third-order valence-corrected chi connectivity index (χ3v) is 8.15. The number of aliphatic hydroxyl groups is 1. The first kappa shape index (κ1) is 32.1. The van der Waals surface area contributed by atoms with Gasteiger partial charge >= 0.3 is 6.03 Å². The van der Waals surface area contributed by atoms with E-state index in [1.807, 2.05) is 52.1 Å². The highest BCUT2D eigenvalue weighted by atomic mass is 16.5. The van der Waals surface area contributed by atoms with Crippen molar-refractivity contribution in [2.45, 2.75) is 71.1 Å². The SMILES string of the molecule is CN1CCCCC1C(=N)n1cc(OC2CCC(NC(=O)NC(=CC(=N)C(C)(C)C)[NH2+]CCO)c3ccccc32)ccc1=N. The summed E-state index contributed by atoms with van der Waals surface area (Å²) in [6, 6.07) is 10.8. The standard InChI is InChI=1S/C32H46N8O3/c1-32(2,3)27(33)19-29(36-16-18-41)38-31(42)37-24-13-14-26(23-10-6-5-9-22(23)24)43-21-12-15-28(34)40(20-21)30(35)25-11-7-8-17-39(25)4/h5-6,9-10,12,15,19-20,24-26,33-36,41H,7-8,11,13-14,16-18H2,1-4H3,(H2,37,38,42)/p+1. The lowest BCUT2D eigenvalue weighted by atomic mass is 9.85. The van der Waals surface area contributed by atoms with Crippen LogP contribution in [0, 0.1) is 21.6 Å². The first-order chi connectivity index (χ1) is 20.5. The zero-order valence-electron chi connectivity index (χ0n) is 25.7. The van der Waals surface area contributed by atoms with Crippen LogP contribution in [0.15, 0.2) is 54.5 Å². The van der Waals surface area contributed by atoms with E-state index in [0.717, 1.165) is 36.9 Å². The number of pyridine rings is 1. The summed E-state index contributed by atoms with van der Waals surface area (Å²) in [5.41, 5.74) is 2.21. The van der Waals surface area contributed by atoms with Gasteiger partial charge in [-0.15, -0.1) is 0 Å². The Balaban J connectivity index is 1.48. The van der Waals surface area contributed by atoms with E-state index in [4.69, 9.17) is 21.0 Å². The number of aromatic nitrogens is 1. The van der Waals surface area contributed by atoms with Crippen LogP contribution in [0.1, 0.15) is 76.1 Å². The zero-order chi connectivity index (χ0) is 31.1. The molecule has 2 heterocycles. The molecule has 11 heteroatoms. The number of carbonyl (C=O) groups is 1. The molecule has 11 nitrogen and oxygen atoms in total. The number of rotatable bonds is 9. The van der Waals surface area contributed by atoms with Crippen LogP contribution in [0.25, 0.3) is 0 Å². The molecule has 8 N–H and O–H groups in total. The predicted molar refractivity (Wildman–Crippen MR) is 166 cm³/mol. The molecule has 1 aromatic heterocycles. The van der Waals surface area contributed by atoms with E-state index in [1.165, 1.54) is 0 Å². The van der Waals surface area contributed by atoms with E-state index < -0.39 is 0 Å². The number of ether oxygens (including phenoxy) is 1. The molecule has 4 rings (SSSR count). The Labute approximate surface area is 253 Å². The molecule has 1 saturated heterocycles. The Bertz CT molecular complexity index is 1410. The van der Waals surface area contributed by atoms with Crippen molar-refractivity contribution in [3.63, 3.8) is 0 Å². The summed E-state index contributed by atoms with van der Waals surface area (Å²) in [5.74, 6) is 1.46. The lowest BCUT2D eigenvalue weighted by Crippen LogP contribution is -2.86. The number of allylic oxidation sites excluding steroid dienone is 1. The number of carbonyl (C=O) groups excluding carboxylic acids is 1. The zero-order valence-corrected chi connectivity index (χ0v) is 25.7. The van der Waals surface area contributed by atoms with Gasteiger partial charge in [-0.3, -0.25) is 30.9 Å². The van der Waals surface area contributed by atoms with Gasteiger partial charge in [0.1, 0.15) is 29.7 Å². The van der Waals surface area contributed by atoms with Gasteiger partial charge in [-0.1, -0.05) is 51.5 Å². The van der Waals surface area contributed by atoms with Gasteiger partial charge in [0.25, 0.3) is 0 Å². The maximum atomic E-state index is 13.1. The fraction of sp³-hybridized carbons (Fsp3) is 0.500. The van der Waals surface area contributed by atoms with Crippen LogP contribution in [0.3, 0.4) is 0 Å². The van der Waals surface area contributed by atoms with Crippen LogP contribution < -0.4 is 26.2 Å². The van der Waals surface area contributed by atoms with Crippen LogP contribution in [-0.2, 0) is 0 Å². The van der Waals surface area contributed by atoms with Gasteiger partial charge in [0.2, 0.25) is 5.82 Å². The molecule has 0 saturated carbocycles. The van der Waals surface area contributed by atoms with Crippen molar-refractivity contribution < 1.29 is 20.0 Å². The fourth-order valence-electron chi connectivity index (χ4n) is 5.58. The molecule has 0 radical (unpaired) electrons. The van der Waals surface area contributed by atoms with E-state index in [0.29, 0.717) is 42.5 Å². The minimum absolute atomic E-state index is 0.0258. The lowest BCUT2D eigenvalue weighted by molar-refractivity contribution is -0.611. The third kappa shape index (κ3) is 8.19. The summed E-state index contributed by atoms with van der Waals surface area (Å²) in [6.45, 7) is 7.08. The van der Waals surface area contributed by atoms with Crippen molar-refractivity contribution in [3.8, 4) is 5.75 Å². The average Bonchev–Trinajstić information content (AvgIpc) is 2.97. The number of nitrogens with zero attached hydrogens (tertiary/aromatic N) is 2. The second-order valence-corrected chi connectivity index (χ2v) is 12.4. The number of piperidine rings is 1. The van der Waals surface area contributed by atoms with E-state index in [1.54, 1.807) is 34.3 Å².